The first-order valence-electron chi connectivity index (χ1n) is 18.8. The van der Waals surface area contributed by atoms with Gasteiger partial charge in [-0.25, -0.2) is 26.3 Å². The topological polar surface area (TPSA) is 113 Å². The molecule has 8 heterocycles. The summed E-state index contributed by atoms with van der Waals surface area (Å²) in [6, 6.07) is 21.0. The summed E-state index contributed by atoms with van der Waals surface area (Å²) in [6.45, 7) is 6.62. The SMILES string of the molecule is CC(C)(c1cc(F)cc(-c2[c-]cc(F)nc2F)n1)c1cc(F)cc(-c2[c-]cc(F)nc2F)n1.CC(C)(c1cccc(-n2[c-]cc(C(F)(F)F)n2)n1)c1cccc(-n2[c-]cc(C(F)(F)F)n2)n1.[Pt+2].[Pt+2]. The summed E-state index contributed by atoms with van der Waals surface area (Å²) in [5.41, 5.74) is -4.60. The molecule has 8 aromatic heterocycles. The second kappa shape index (κ2) is 20.2. The van der Waals surface area contributed by atoms with Gasteiger partial charge in [-0.15, -0.1) is 24.3 Å². The molecule has 0 spiro atoms. The largest absolute Gasteiger partial charge is 2.00 e. The maximum atomic E-state index is 14.4. The Morgan fingerprint density at radius 2 is 0.809 bits per heavy atom. The molecule has 0 bridgehead atoms. The molecule has 8 aromatic rings. The van der Waals surface area contributed by atoms with Crippen LogP contribution < -0.4 is 0 Å². The zero-order valence-electron chi connectivity index (χ0n) is 34.7. The van der Waals surface area contributed by atoms with Crippen LogP contribution in [0.4, 0.5) is 52.7 Å². The second-order valence-corrected chi connectivity index (χ2v) is 15.0. The Hall–Kier alpha value is -6.14. The molecule has 0 atom stereocenters. The van der Waals surface area contributed by atoms with Crippen molar-refractivity contribution in [1.82, 2.24) is 49.5 Å². The number of halogens is 12. The molecule has 0 N–H and O–H groups in total. The number of hydrogen-bond acceptors (Lipinski definition) is 8. The predicted molar refractivity (Wildman–Crippen MR) is 207 cm³/mol. The molecule has 0 aliphatic rings. The van der Waals surface area contributed by atoms with Crippen molar-refractivity contribution in [1.29, 1.82) is 0 Å². The van der Waals surface area contributed by atoms with Gasteiger partial charge in [0.1, 0.15) is 35.4 Å². The van der Waals surface area contributed by atoms with Crippen molar-refractivity contribution in [3.05, 3.63) is 179 Å². The third kappa shape index (κ3) is 11.6. The third-order valence-electron chi connectivity index (χ3n) is 9.69. The van der Waals surface area contributed by atoms with Crippen molar-refractivity contribution in [2.24, 2.45) is 0 Å². The number of aromatic nitrogens is 10. The Labute approximate surface area is 406 Å². The molecule has 0 unspecified atom stereocenters. The summed E-state index contributed by atoms with van der Waals surface area (Å²) in [5.74, 6) is -6.08. The molecule has 8 rings (SSSR count). The Kier molecular flexibility index (Phi) is 15.7. The fourth-order valence-electron chi connectivity index (χ4n) is 6.12. The van der Waals surface area contributed by atoms with Gasteiger partial charge in [-0.05, 0) is 75.5 Å². The molecule has 0 saturated carbocycles. The summed E-state index contributed by atoms with van der Waals surface area (Å²) in [6.07, 6.45) is -4.44. The van der Waals surface area contributed by atoms with Crippen LogP contribution in [0.2, 0.25) is 0 Å². The maximum Gasteiger partial charge on any atom is 2.00 e. The molecule has 0 amide bonds. The van der Waals surface area contributed by atoms with Crippen LogP contribution in [0.15, 0.2) is 84.9 Å². The molecule has 0 radical (unpaired) electrons. The standard InChI is InChI=1S/C23H12F6N4.C21H14F6N6.2Pt/c1-23(2,17-9-11(24)7-15(30-17)13-3-5-19(26)32-21(13)28)18-10-12(25)8-16(31-18)14-4-6-20(27)33-22(14)29;1-19(2,13-5-3-7-17(28-13)32-11-9-15(30-32)20(22,23)24)14-6-4-8-18(29-14)33-12-10-16(31-33)21(25,26)27;;/h5-10H,1-2H3;3-10H,1-2H3;;/q2*-2;2*+2. The molecule has 10 nitrogen and oxygen atoms in total. The number of pyridine rings is 6. The van der Waals surface area contributed by atoms with Crippen molar-refractivity contribution >= 4 is 0 Å². The monoisotopic (exact) mass is 1310 g/mol. The zero-order valence-corrected chi connectivity index (χ0v) is 39.3. The van der Waals surface area contributed by atoms with Crippen molar-refractivity contribution in [2.45, 2.75) is 50.9 Å². The maximum absolute atomic E-state index is 14.4. The first-order chi connectivity index (χ1) is 30.9. The van der Waals surface area contributed by atoms with Gasteiger partial charge in [0.25, 0.3) is 0 Å². The van der Waals surface area contributed by atoms with Crippen molar-refractivity contribution in [2.75, 3.05) is 0 Å². The van der Waals surface area contributed by atoms with Crippen LogP contribution in [0.1, 0.15) is 61.9 Å². The Morgan fingerprint density at radius 3 is 1.15 bits per heavy atom. The number of rotatable bonds is 8. The van der Waals surface area contributed by atoms with E-state index in [9.17, 15) is 52.7 Å². The second-order valence-electron chi connectivity index (χ2n) is 15.0. The summed E-state index contributed by atoms with van der Waals surface area (Å²) in [5, 5.41) is 6.95. The first kappa shape index (κ1) is 52.8. The van der Waals surface area contributed by atoms with Gasteiger partial charge in [0.2, 0.25) is 0 Å². The fourth-order valence-corrected chi connectivity index (χ4v) is 6.12. The van der Waals surface area contributed by atoms with Crippen LogP contribution in [0, 0.1) is 60.0 Å². The summed E-state index contributed by atoms with van der Waals surface area (Å²) < 4.78 is 162. The first-order valence-corrected chi connectivity index (χ1v) is 18.8. The molecule has 0 aliphatic heterocycles. The molecule has 356 valence electrons. The van der Waals surface area contributed by atoms with Crippen LogP contribution >= 0.6 is 0 Å². The van der Waals surface area contributed by atoms with Crippen LogP contribution in [-0.4, -0.2) is 49.5 Å². The number of alkyl halides is 6. The number of nitrogens with zero attached hydrogens (tertiary/aromatic N) is 10. The molecule has 0 fully saturated rings. The van der Waals surface area contributed by atoms with Crippen LogP contribution in [-0.2, 0) is 65.3 Å². The summed E-state index contributed by atoms with van der Waals surface area (Å²) in [4.78, 5) is 23.3. The Bertz CT molecular complexity index is 2880. The molecule has 0 aliphatic carbocycles. The van der Waals surface area contributed by atoms with Gasteiger partial charge in [0.05, 0.1) is 23.0 Å². The van der Waals surface area contributed by atoms with Gasteiger partial charge in [0, 0.05) is 33.6 Å². The van der Waals surface area contributed by atoms with E-state index in [1.54, 1.807) is 38.1 Å². The predicted octanol–water partition coefficient (Wildman–Crippen LogP) is 10.2. The van der Waals surface area contributed by atoms with Crippen molar-refractivity contribution in [3.63, 3.8) is 0 Å². The van der Waals surface area contributed by atoms with E-state index >= 15 is 0 Å². The summed E-state index contributed by atoms with van der Waals surface area (Å²) >= 11 is 0. The van der Waals surface area contributed by atoms with Crippen LogP contribution in [0.3, 0.4) is 0 Å². The van der Waals surface area contributed by atoms with E-state index in [1.165, 1.54) is 26.0 Å². The zero-order chi connectivity index (χ0) is 47.9. The van der Waals surface area contributed by atoms with Crippen molar-refractivity contribution < 1.29 is 94.8 Å². The minimum atomic E-state index is -4.61. The smallest absolute Gasteiger partial charge is 0.343 e. The molecule has 68 heavy (non-hydrogen) atoms. The molecular weight excluding hydrogens is 1290 g/mol. The molecule has 0 aromatic carbocycles. The normalized spacial score (nSPS) is 11.9. The summed E-state index contributed by atoms with van der Waals surface area (Å²) in [7, 11) is 0. The van der Waals surface area contributed by atoms with E-state index in [0.29, 0.717) is 11.4 Å². The van der Waals surface area contributed by atoms with Gasteiger partial charge in [-0.3, -0.25) is 40.1 Å². The van der Waals surface area contributed by atoms with Gasteiger partial charge >= 0.3 is 54.5 Å². The van der Waals surface area contributed by atoms with Gasteiger partial charge in [-0.2, -0.15) is 26.3 Å². The van der Waals surface area contributed by atoms with Gasteiger partial charge < -0.3 is 9.36 Å². The minimum Gasteiger partial charge on any atom is -0.343 e. The van der Waals surface area contributed by atoms with E-state index < -0.39 is 70.0 Å². The Balaban J connectivity index is 0.000000247. The van der Waals surface area contributed by atoms with Crippen molar-refractivity contribution in [3.8, 4) is 34.2 Å². The van der Waals surface area contributed by atoms with Crippen LogP contribution in [0.25, 0.3) is 34.2 Å². The van der Waals surface area contributed by atoms with Gasteiger partial charge in [0.15, 0.2) is 0 Å². The van der Waals surface area contributed by atoms with E-state index in [0.717, 1.165) is 57.9 Å². The fraction of sp³-hybridized carbons (Fsp3) is 0.182. The number of hydrogen-bond donors (Lipinski definition) is 0. The quantitative estimate of drug-likeness (QED) is 0.0840. The van der Waals surface area contributed by atoms with Crippen LogP contribution in [0.5, 0.6) is 0 Å². The third-order valence-corrected chi connectivity index (χ3v) is 9.69. The Morgan fingerprint density at radius 1 is 0.441 bits per heavy atom. The molecule has 24 heteroatoms. The van der Waals surface area contributed by atoms with E-state index in [-0.39, 0.29) is 87.7 Å². The average Bonchev–Trinajstić information content (AvgIpc) is 3.96. The van der Waals surface area contributed by atoms with E-state index in [4.69, 9.17) is 0 Å². The molecular formula is C44H26F12N10Pt2. The molecule has 0 saturated heterocycles. The van der Waals surface area contributed by atoms with E-state index in [1.807, 2.05) is 0 Å². The average molecular weight is 1310 g/mol. The van der Waals surface area contributed by atoms with E-state index in [2.05, 4.69) is 64.6 Å². The minimum absolute atomic E-state index is 0. The van der Waals surface area contributed by atoms with Gasteiger partial charge in [-0.1, -0.05) is 59.9 Å².